The fourth-order valence-electron chi connectivity index (χ4n) is 3.61. The van der Waals surface area contributed by atoms with Crippen molar-refractivity contribution in [2.45, 2.75) is 6.54 Å². The van der Waals surface area contributed by atoms with Gasteiger partial charge in [-0.1, -0.05) is 6.07 Å². The van der Waals surface area contributed by atoms with Gasteiger partial charge in [-0.05, 0) is 47.3 Å². The Balaban J connectivity index is 1.35. The van der Waals surface area contributed by atoms with Crippen molar-refractivity contribution in [2.75, 3.05) is 10.6 Å². The summed E-state index contributed by atoms with van der Waals surface area (Å²) in [4.78, 5) is 22.4. The molecular weight excluding hydrogens is 446 g/mol. The van der Waals surface area contributed by atoms with E-state index < -0.39 is 0 Å². The first-order chi connectivity index (χ1) is 16.8. The monoisotopic (exact) mass is 465 g/mol. The van der Waals surface area contributed by atoms with Crippen molar-refractivity contribution in [2.24, 2.45) is 0 Å². The molecule has 10 heteroatoms. The van der Waals surface area contributed by atoms with E-state index in [2.05, 4.69) is 31.0 Å². The second kappa shape index (κ2) is 8.75. The van der Waals surface area contributed by atoms with Crippen molar-refractivity contribution in [1.29, 1.82) is 0 Å². The second-order valence-corrected chi connectivity index (χ2v) is 8.30. The van der Waals surface area contributed by atoms with Gasteiger partial charge in [0.2, 0.25) is 5.95 Å². The minimum atomic E-state index is 0.480. The number of nitrogens with zero attached hydrogens (tertiary/aromatic N) is 7. The van der Waals surface area contributed by atoms with Gasteiger partial charge >= 0.3 is 0 Å². The highest BCUT2D eigenvalue weighted by atomic mass is 32.1. The highest BCUT2D eigenvalue weighted by molar-refractivity contribution is 7.08. The summed E-state index contributed by atoms with van der Waals surface area (Å²) in [5.41, 5.74) is 5.39. The number of thiophene rings is 1. The van der Waals surface area contributed by atoms with Crippen LogP contribution in [0.1, 0.15) is 5.56 Å². The number of rotatable bonds is 7. The highest BCUT2D eigenvalue weighted by Crippen LogP contribution is 2.26. The van der Waals surface area contributed by atoms with Gasteiger partial charge in [-0.2, -0.15) is 21.3 Å². The molecule has 0 aliphatic rings. The molecule has 0 spiro atoms. The molecule has 0 aliphatic carbocycles. The molecule has 34 heavy (non-hydrogen) atoms. The van der Waals surface area contributed by atoms with Crippen LogP contribution in [-0.4, -0.2) is 34.1 Å². The predicted molar refractivity (Wildman–Crippen MR) is 133 cm³/mol. The summed E-state index contributed by atoms with van der Waals surface area (Å²) in [6.45, 7) is 0.574. The molecule has 0 unspecified atom stereocenters. The van der Waals surface area contributed by atoms with Crippen LogP contribution in [0.3, 0.4) is 0 Å². The van der Waals surface area contributed by atoms with E-state index in [1.165, 1.54) is 0 Å². The van der Waals surface area contributed by atoms with Gasteiger partial charge in [0, 0.05) is 48.1 Å². The summed E-state index contributed by atoms with van der Waals surface area (Å²) in [6.07, 6.45) is 10.8. The molecule has 9 nitrogen and oxygen atoms in total. The first-order valence-electron chi connectivity index (χ1n) is 10.6. The molecule has 5 aromatic heterocycles. The average molecular weight is 466 g/mol. The van der Waals surface area contributed by atoms with Gasteiger partial charge in [0.1, 0.15) is 6.33 Å². The van der Waals surface area contributed by atoms with Gasteiger partial charge in [0.05, 0.1) is 12.0 Å². The van der Waals surface area contributed by atoms with Crippen LogP contribution in [0.4, 0.5) is 17.5 Å². The Kier molecular flexibility index (Phi) is 5.17. The molecule has 6 rings (SSSR count). The molecule has 0 bridgehead atoms. The maximum atomic E-state index is 4.79. The zero-order chi connectivity index (χ0) is 22.7. The Labute approximate surface area is 198 Å². The molecule has 6 aromatic rings. The molecule has 0 fully saturated rings. The van der Waals surface area contributed by atoms with E-state index in [9.17, 15) is 0 Å². The molecular formula is C24H19N9S. The standard InChI is InChI=1S/C24H19N9S/c1-2-17(12-25-8-1)13-27-22-21-23(33(16-28-21)20-7-11-34-14-20)31-24(30-22)29-18-3-5-19(6-4-18)32-10-9-26-15-32/h1-12,14-16H,13H2,(H2,27,29,30,31). The Morgan fingerprint density at radius 3 is 2.62 bits per heavy atom. The molecule has 2 N–H and O–H groups in total. The fraction of sp³-hybridized carbons (Fsp3) is 0.0417. The molecule has 0 aliphatic heterocycles. The number of imidazole rings is 2. The number of aromatic nitrogens is 7. The third kappa shape index (κ3) is 3.97. The first-order valence-corrected chi connectivity index (χ1v) is 11.5. The van der Waals surface area contributed by atoms with Gasteiger partial charge in [-0.15, -0.1) is 0 Å². The van der Waals surface area contributed by atoms with Crippen molar-refractivity contribution >= 4 is 40.0 Å². The molecule has 0 amide bonds. The van der Waals surface area contributed by atoms with E-state index in [1.54, 1.807) is 36.4 Å². The fourth-order valence-corrected chi connectivity index (χ4v) is 4.24. The van der Waals surface area contributed by atoms with Crippen LogP contribution in [0.5, 0.6) is 0 Å². The molecule has 0 radical (unpaired) electrons. The zero-order valence-electron chi connectivity index (χ0n) is 17.9. The van der Waals surface area contributed by atoms with Crippen LogP contribution in [0.15, 0.2) is 90.7 Å². The summed E-state index contributed by atoms with van der Waals surface area (Å²) < 4.78 is 3.92. The van der Waals surface area contributed by atoms with Crippen LogP contribution >= 0.6 is 11.3 Å². The maximum absolute atomic E-state index is 4.79. The smallest absolute Gasteiger partial charge is 0.231 e. The molecule has 166 valence electrons. The molecule has 0 saturated heterocycles. The van der Waals surface area contributed by atoms with Gasteiger partial charge in [0.25, 0.3) is 0 Å². The number of nitrogens with one attached hydrogen (secondary N) is 2. The van der Waals surface area contributed by atoms with E-state index in [0.29, 0.717) is 23.8 Å². The van der Waals surface area contributed by atoms with Crippen LogP contribution in [0, 0.1) is 0 Å². The lowest BCUT2D eigenvalue weighted by Crippen LogP contribution is -2.07. The van der Waals surface area contributed by atoms with E-state index in [4.69, 9.17) is 9.97 Å². The third-order valence-corrected chi connectivity index (χ3v) is 5.96. The summed E-state index contributed by atoms with van der Waals surface area (Å²) in [5, 5.41) is 10.8. The van der Waals surface area contributed by atoms with E-state index >= 15 is 0 Å². The SMILES string of the molecule is c1cncc(CNc2nc(Nc3ccc(-n4ccnc4)cc3)nc3c2ncn3-c2ccsc2)c1. The predicted octanol–water partition coefficient (Wildman–Crippen LogP) is 4.81. The summed E-state index contributed by atoms with van der Waals surface area (Å²) in [7, 11) is 0. The van der Waals surface area contributed by atoms with Crippen molar-refractivity contribution < 1.29 is 0 Å². The summed E-state index contributed by atoms with van der Waals surface area (Å²) in [6, 6.07) is 14.0. The minimum absolute atomic E-state index is 0.480. The third-order valence-electron chi connectivity index (χ3n) is 5.29. The molecule has 0 atom stereocenters. The molecule has 5 heterocycles. The second-order valence-electron chi connectivity index (χ2n) is 7.52. The van der Waals surface area contributed by atoms with Crippen molar-refractivity contribution in [3.05, 3.63) is 96.2 Å². The average Bonchev–Trinajstić information content (AvgIpc) is 3.65. The molecule has 0 saturated carbocycles. The van der Waals surface area contributed by atoms with Crippen molar-refractivity contribution in [3.63, 3.8) is 0 Å². The highest BCUT2D eigenvalue weighted by Gasteiger charge is 2.15. The van der Waals surface area contributed by atoms with E-state index in [1.807, 2.05) is 69.4 Å². The van der Waals surface area contributed by atoms with Crippen molar-refractivity contribution in [1.82, 2.24) is 34.1 Å². The van der Waals surface area contributed by atoms with Gasteiger partial charge in [0.15, 0.2) is 17.0 Å². The number of pyridine rings is 1. The van der Waals surface area contributed by atoms with Gasteiger partial charge in [-0.3, -0.25) is 9.55 Å². The number of hydrogen-bond acceptors (Lipinski definition) is 8. The summed E-state index contributed by atoms with van der Waals surface area (Å²) in [5.74, 6) is 1.13. The number of anilines is 3. The zero-order valence-corrected chi connectivity index (χ0v) is 18.7. The largest absolute Gasteiger partial charge is 0.364 e. The number of benzene rings is 1. The number of hydrogen-bond donors (Lipinski definition) is 2. The quantitative estimate of drug-likeness (QED) is 0.349. The first kappa shape index (κ1) is 20.1. The Morgan fingerprint density at radius 2 is 1.85 bits per heavy atom. The lowest BCUT2D eigenvalue weighted by molar-refractivity contribution is 1.05. The Hall–Kier alpha value is -4.57. The van der Waals surface area contributed by atoms with Crippen LogP contribution in [0.2, 0.25) is 0 Å². The number of fused-ring (bicyclic) bond motifs is 1. The normalized spacial score (nSPS) is 11.1. The topological polar surface area (TPSA) is 98.4 Å². The lowest BCUT2D eigenvalue weighted by Gasteiger charge is -2.11. The van der Waals surface area contributed by atoms with Crippen LogP contribution in [0.25, 0.3) is 22.5 Å². The van der Waals surface area contributed by atoms with Crippen LogP contribution < -0.4 is 10.6 Å². The van der Waals surface area contributed by atoms with Crippen molar-refractivity contribution in [3.8, 4) is 11.4 Å². The maximum Gasteiger partial charge on any atom is 0.231 e. The lowest BCUT2D eigenvalue weighted by atomic mass is 10.3. The molecule has 1 aromatic carbocycles. The minimum Gasteiger partial charge on any atom is -0.364 e. The Morgan fingerprint density at radius 1 is 0.912 bits per heavy atom. The van der Waals surface area contributed by atoms with Gasteiger partial charge < -0.3 is 15.2 Å². The van der Waals surface area contributed by atoms with Crippen LogP contribution in [-0.2, 0) is 6.54 Å². The Bertz CT molecular complexity index is 1510. The summed E-state index contributed by atoms with van der Waals surface area (Å²) >= 11 is 1.63. The van der Waals surface area contributed by atoms with E-state index in [0.717, 1.165) is 28.3 Å². The van der Waals surface area contributed by atoms with Gasteiger partial charge in [-0.25, -0.2) is 9.97 Å². The van der Waals surface area contributed by atoms with E-state index in [-0.39, 0.29) is 0 Å².